The molecule has 1 unspecified atom stereocenters. The number of halogens is 1. The van der Waals surface area contributed by atoms with E-state index in [4.69, 9.17) is 10.5 Å². The van der Waals surface area contributed by atoms with Gasteiger partial charge in [0.15, 0.2) is 0 Å². The molecule has 0 saturated heterocycles. The Morgan fingerprint density at radius 2 is 2.00 bits per heavy atom. The minimum Gasteiger partial charge on any atom is -0.493 e. The molecule has 0 radical (unpaired) electrons. The molecule has 0 aliphatic rings. The number of rotatable bonds is 4. The van der Waals surface area contributed by atoms with Gasteiger partial charge in [-0.25, -0.2) is 0 Å². The van der Waals surface area contributed by atoms with Crippen molar-refractivity contribution in [2.45, 2.75) is 6.92 Å². The molecule has 3 heteroatoms. The zero-order valence-corrected chi connectivity index (χ0v) is 9.82. The Kier molecular flexibility index (Phi) is 4.52. The van der Waals surface area contributed by atoms with Gasteiger partial charge in [0.2, 0.25) is 0 Å². The van der Waals surface area contributed by atoms with Crippen molar-refractivity contribution in [2.24, 2.45) is 11.7 Å². The van der Waals surface area contributed by atoms with E-state index in [-0.39, 0.29) is 0 Å². The third-order valence-corrected chi connectivity index (χ3v) is 2.47. The summed E-state index contributed by atoms with van der Waals surface area (Å²) in [5, 5.41) is 0. The molecule has 0 bridgehead atoms. The van der Waals surface area contributed by atoms with E-state index in [1.807, 2.05) is 24.3 Å². The molecule has 1 aromatic carbocycles. The van der Waals surface area contributed by atoms with Gasteiger partial charge in [0, 0.05) is 9.49 Å². The largest absolute Gasteiger partial charge is 0.493 e. The molecule has 0 saturated carbocycles. The standard InChI is InChI=1S/C10H14INO/c1-8(6-12)7-13-10-4-2-9(11)3-5-10/h2-5,8H,6-7,12H2,1H3. The zero-order valence-electron chi connectivity index (χ0n) is 7.66. The molecule has 72 valence electrons. The lowest BCUT2D eigenvalue weighted by atomic mass is 10.2. The van der Waals surface area contributed by atoms with Crippen molar-refractivity contribution < 1.29 is 4.74 Å². The van der Waals surface area contributed by atoms with E-state index in [9.17, 15) is 0 Å². The molecule has 0 aromatic heterocycles. The first-order valence-electron chi connectivity index (χ1n) is 4.31. The van der Waals surface area contributed by atoms with Crippen LogP contribution in [-0.2, 0) is 0 Å². The van der Waals surface area contributed by atoms with Crippen LogP contribution in [0, 0.1) is 9.49 Å². The highest BCUT2D eigenvalue weighted by Crippen LogP contribution is 2.13. The number of hydrogen-bond acceptors (Lipinski definition) is 2. The first kappa shape index (κ1) is 10.8. The van der Waals surface area contributed by atoms with Crippen LogP contribution in [0.2, 0.25) is 0 Å². The normalized spacial score (nSPS) is 12.5. The summed E-state index contributed by atoms with van der Waals surface area (Å²) in [7, 11) is 0. The highest BCUT2D eigenvalue weighted by Gasteiger charge is 1.99. The second-order valence-corrected chi connectivity index (χ2v) is 4.35. The third-order valence-electron chi connectivity index (χ3n) is 1.75. The molecular weight excluding hydrogens is 277 g/mol. The molecule has 0 fully saturated rings. The van der Waals surface area contributed by atoms with E-state index in [0.717, 1.165) is 5.75 Å². The summed E-state index contributed by atoms with van der Waals surface area (Å²) in [6, 6.07) is 8.02. The molecule has 1 rings (SSSR count). The predicted molar refractivity (Wildman–Crippen MR) is 62.9 cm³/mol. The van der Waals surface area contributed by atoms with Crippen LogP contribution in [0.25, 0.3) is 0 Å². The Bertz CT molecular complexity index is 248. The van der Waals surface area contributed by atoms with Crippen LogP contribution in [0.4, 0.5) is 0 Å². The van der Waals surface area contributed by atoms with Gasteiger partial charge in [-0.15, -0.1) is 0 Å². The monoisotopic (exact) mass is 291 g/mol. The van der Waals surface area contributed by atoms with Crippen molar-refractivity contribution in [3.05, 3.63) is 27.8 Å². The SMILES string of the molecule is CC(CN)COc1ccc(I)cc1. The van der Waals surface area contributed by atoms with E-state index < -0.39 is 0 Å². The number of hydrogen-bond donors (Lipinski definition) is 1. The molecule has 0 heterocycles. The van der Waals surface area contributed by atoms with Crippen molar-refractivity contribution >= 4 is 22.6 Å². The van der Waals surface area contributed by atoms with Crippen LogP contribution in [0.5, 0.6) is 5.75 Å². The van der Waals surface area contributed by atoms with E-state index in [1.54, 1.807) is 0 Å². The molecule has 2 N–H and O–H groups in total. The van der Waals surface area contributed by atoms with Gasteiger partial charge in [-0.05, 0) is 53.4 Å². The van der Waals surface area contributed by atoms with Gasteiger partial charge in [0.1, 0.15) is 5.75 Å². The summed E-state index contributed by atoms with van der Waals surface area (Å²) < 4.78 is 6.75. The van der Waals surface area contributed by atoms with Gasteiger partial charge in [0.05, 0.1) is 6.61 Å². The van der Waals surface area contributed by atoms with Gasteiger partial charge >= 0.3 is 0 Å². The average molecular weight is 291 g/mol. The van der Waals surface area contributed by atoms with Gasteiger partial charge in [-0.1, -0.05) is 6.92 Å². The first-order chi connectivity index (χ1) is 6.22. The Morgan fingerprint density at radius 3 is 2.54 bits per heavy atom. The van der Waals surface area contributed by atoms with Crippen LogP contribution in [-0.4, -0.2) is 13.2 Å². The van der Waals surface area contributed by atoms with Crippen LogP contribution in [0.15, 0.2) is 24.3 Å². The fraction of sp³-hybridized carbons (Fsp3) is 0.400. The predicted octanol–water partition coefficient (Wildman–Crippen LogP) is 2.26. The van der Waals surface area contributed by atoms with Crippen LogP contribution in [0.3, 0.4) is 0 Å². The minimum absolute atomic E-state index is 0.416. The lowest BCUT2D eigenvalue weighted by Gasteiger charge is -2.10. The van der Waals surface area contributed by atoms with Crippen LogP contribution in [0.1, 0.15) is 6.92 Å². The maximum atomic E-state index is 5.53. The van der Waals surface area contributed by atoms with Crippen molar-refractivity contribution in [3.63, 3.8) is 0 Å². The smallest absolute Gasteiger partial charge is 0.119 e. The van der Waals surface area contributed by atoms with Crippen LogP contribution < -0.4 is 10.5 Å². The maximum absolute atomic E-state index is 5.53. The Morgan fingerprint density at radius 1 is 1.38 bits per heavy atom. The highest BCUT2D eigenvalue weighted by atomic mass is 127. The van der Waals surface area contributed by atoms with Crippen LogP contribution >= 0.6 is 22.6 Å². The lowest BCUT2D eigenvalue weighted by molar-refractivity contribution is 0.264. The van der Waals surface area contributed by atoms with Gasteiger partial charge in [-0.3, -0.25) is 0 Å². The van der Waals surface area contributed by atoms with Gasteiger partial charge in [0.25, 0.3) is 0 Å². The minimum atomic E-state index is 0.416. The first-order valence-corrected chi connectivity index (χ1v) is 5.38. The summed E-state index contributed by atoms with van der Waals surface area (Å²) in [5.74, 6) is 1.33. The van der Waals surface area contributed by atoms with Gasteiger partial charge in [-0.2, -0.15) is 0 Å². The third kappa shape index (κ3) is 3.95. The van der Waals surface area contributed by atoms with E-state index in [2.05, 4.69) is 29.5 Å². The molecule has 1 atom stereocenters. The summed E-state index contributed by atoms with van der Waals surface area (Å²) >= 11 is 2.27. The molecule has 0 aliphatic carbocycles. The molecule has 2 nitrogen and oxygen atoms in total. The summed E-state index contributed by atoms with van der Waals surface area (Å²) in [6.07, 6.45) is 0. The average Bonchev–Trinajstić information content (AvgIpc) is 2.16. The number of benzene rings is 1. The Labute approximate surface area is 92.6 Å². The number of ether oxygens (including phenoxy) is 1. The van der Waals surface area contributed by atoms with Crippen molar-refractivity contribution in [2.75, 3.05) is 13.2 Å². The fourth-order valence-electron chi connectivity index (χ4n) is 0.837. The Hall–Kier alpha value is -0.290. The van der Waals surface area contributed by atoms with Crippen molar-refractivity contribution in [1.82, 2.24) is 0 Å². The van der Waals surface area contributed by atoms with Gasteiger partial charge < -0.3 is 10.5 Å². The zero-order chi connectivity index (χ0) is 9.68. The van der Waals surface area contributed by atoms with E-state index in [1.165, 1.54) is 3.57 Å². The molecule has 13 heavy (non-hydrogen) atoms. The van der Waals surface area contributed by atoms with E-state index in [0.29, 0.717) is 19.1 Å². The fourth-order valence-corrected chi connectivity index (χ4v) is 1.20. The molecule has 0 aliphatic heterocycles. The molecular formula is C10H14INO. The van der Waals surface area contributed by atoms with Crippen molar-refractivity contribution in [1.29, 1.82) is 0 Å². The van der Waals surface area contributed by atoms with Crippen molar-refractivity contribution in [3.8, 4) is 5.75 Å². The Balaban J connectivity index is 2.41. The second-order valence-electron chi connectivity index (χ2n) is 3.11. The summed E-state index contributed by atoms with van der Waals surface area (Å²) in [5.41, 5.74) is 5.48. The highest BCUT2D eigenvalue weighted by molar-refractivity contribution is 14.1. The summed E-state index contributed by atoms with van der Waals surface area (Å²) in [4.78, 5) is 0. The summed E-state index contributed by atoms with van der Waals surface area (Å²) in [6.45, 7) is 3.44. The molecule has 1 aromatic rings. The molecule has 0 spiro atoms. The topological polar surface area (TPSA) is 35.2 Å². The van der Waals surface area contributed by atoms with E-state index >= 15 is 0 Å². The maximum Gasteiger partial charge on any atom is 0.119 e. The quantitative estimate of drug-likeness (QED) is 0.864. The molecule has 0 amide bonds. The number of nitrogens with two attached hydrogens (primary N) is 1. The second kappa shape index (κ2) is 5.44. The lowest BCUT2D eigenvalue weighted by Crippen LogP contribution is -2.18.